The lowest BCUT2D eigenvalue weighted by Gasteiger charge is -2.40. The summed E-state index contributed by atoms with van der Waals surface area (Å²) in [7, 11) is 0. The maximum Gasteiger partial charge on any atom is 0.460 e. The first kappa shape index (κ1) is 53.6. The van der Waals surface area contributed by atoms with Crippen LogP contribution in [0.3, 0.4) is 0 Å². The monoisotopic (exact) mass is 948 g/mol. The summed E-state index contributed by atoms with van der Waals surface area (Å²) in [5.41, 5.74) is -1.26. The summed E-state index contributed by atoms with van der Waals surface area (Å²) in [5, 5.41) is 0. The Labute approximate surface area is 331 Å². The molecule has 0 N–H and O–H groups in total. The molecule has 0 amide bonds. The molecule has 0 aromatic heterocycles. The fraction of sp³-hybridized carbons (Fsp3) is 0.486. The van der Waals surface area contributed by atoms with Gasteiger partial charge in [-0.1, -0.05) is 12.2 Å². The maximum absolute atomic E-state index is 14.3. The molecule has 0 spiro atoms. The predicted octanol–water partition coefficient (Wildman–Crippen LogP) is 14.6. The molecule has 0 saturated carbocycles. The minimum Gasteiger partial charge on any atom is -0.255 e. The van der Waals surface area contributed by atoms with E-state index in [-0.39, 0.29) is 45.8 Å². The summed E-state index contributed by atoms with van der Waals surface area (Å²) in [6.07, 6.45) is -8.05. The molecule has 2 rings (SSSR count). The molecular weight excluding hydrogens is 923 g/mol. The fourth-order valence-corrected chi connectivity index (χ4v) is 5.07. The van der Waals surface area contributed by atoms with E-state index in [1.807, 2.05) is 0 Å². The first-order valence-corrected chi connectivity index (χ1v) is 16.2. The van der Waals surface area contributed by atoms with Crippen molar-refractivity contribution in [2.45, 2.75) is 106 Å². The highest BCUT2D eigenvalue weighted by Crippen LogP contribution is 2.62. The molecule has 2 aromatic rings. The van der Waals surface area contributed by atoms with Crippen molar-refractivity contribution >= 4 is 36.0 Å². The van der Waals surface area contributed by atoms with Crippen LogP contribution in [0, 0.1) is 27.7 Å². The zero-order valence-corrected chi connectivity index (χ0v) is 31.1. The third-order valence-corrected chi connectivity index (χ3v) is 8.58. The van der Waals surface area contributed by atoms with Crippen molar-refractivity contribution in [1.82, 2.24) is 0 Å². The van der Waals surface area contributed by atoms with Crippen molar-refractivity contribution in [1.29, 1.82) is 0 Å². The smallest absolute Gasteiger partial charge is 0.255 e. The number of nitrogens with zero attached hydrogens (tertiary/aromatic N) is 2. The van der Waals surface area contributed by atoms with Gasteiger partial charge in [0.15, 0.2) is 0 Å². The number of allylic oxidation sites excluding steroid dienone is 2. The number of aliphatic imine (C=N–C) groups is 2. The summed E-state index contributed by atoms with van der Waals surface area (Å²) in [5.74, 6) is -80.5. The van der Waals surface area contributed by atoms with Crippen LogP contribution in [0.4, 0.5) is 121 Å². The van der Waals surface area contributed by atoms with E-state index in [4.69, 9.17) is 0 Å². The lowest BCUT2D eigenvalue weighted by Crippen LogP contribution is -2.70. The molecule has 62 heavy (non-hydrogen) atoms. The molecule has 2 nitrogen and oxygen atoms in total. The van der Waals surface area contributed by atoms with Crippen molar-refractivity contribution in [2.75, 3.05) is 0 Å². The number of hydrogen-bond donors (Lipinski definition) is 0. The molecule has 27 heteroatoms. The largest absolute Gasteiger partial charge is 0.460 e. The van der Waals surface area contributed by atoms with E-state index in [0.717, 1.165) is 36.7 Å². The Morgan fingerprint density at radius 1 is 0.355 bits per heavy atom. The summed E-state index contributed by atoms with van der Waals surface area (Å²) < 4.78 is 339. The van der Waals surface area contributed by atoms with Crippen molar-refractivity contribution in [3.05, 3.63) is 69.8 Å². The average Bonchev–Trinajstić information content (AvgIpc) is 3.08. The summed E-state index contributed by atoms with van der Waals surface area (Å²) in [6, 6.07) is 3.45. The van der Waals surface area contributed by atoms with Gasteiger partial charge in [-0.3, -0.25) is 9.98 Å². The SMILES string of the molecule is Cc1cc(/C=C/C(F)(F)C(F)(F)C(F)(F)C(F)(F)C(F)(F)C(C)(F)F)cc(C)c1N=CC=Nc1c(C)cc(/C=C/C(F)(F)C(F)(F)C(F)(F)C(F)(F)C(F)(F)C(F)(F)F)cc1C. The molecule has 0 fully saturated rings. The first-order chi connectivity index (χ1) is 27.2. The quantitative estimate of drug-likeness (QED) is 0.118. The van der Waals surface area contributed by atoms with Gasteiger partial charge in [0.2, 0.25) is 0 Å². The third kappa shape index (κ3) is 8.85. The normalized spacial score (nSPS) is 15.6. The van der Waals surface area contributed by atoms with E-state index in [1.54, 1.807) is 0 Å². The van der Waals surface area contributed by atoms with E-state index in [1.165, 1.54) is 27.7 Å². The van der Waals surface area contributed by atoms with E-state index < -0.39 is 102 Å². The van der Waals surface area contributed by atoms with Crippen LogP contribution in [0.15, 0.2) is 46.4 Å². The van der Waals surface area contributed by atoms with Gasteiger partial charge in [0.25, 0.3) is 0 Å². The number of aryl methyl sites for hydroxylation is 4. The average molecular weight is 949 g/mol. The Kier molecular flexibility index (Phi) is 14.1. The summed E-state index contributed by atoms with van der Waals surface area (Å²) in [4.78, 5) is 7.92. The van der Waals surface area contributed by atoms with E-state index in [2.05, 4.69) is 9.98 Å². The highest BCUT2D eigenvalue weighted by molar-refractivity contribution is 6.17. The molecule has 0 aliphatic heterocycles. The minimum atomic E-state index is -8.08. The Morgan fingerprint density at radius 2 is 0.597 bits per heavy atom. The van der Waals surface area contributed by atoms with Crippen LogP contribution < -0.4 is 0 Å². The Morgan fingerprint density at radius 3 is 0.839 bits per heavy atom. The predicted molar refractivity (Wildman–Crippen MR) is 172 cm³/mol. The summed E-state index contributed by atoms with van der Waals surface area (Å²) in [6.45, 7) is 3.73. The molecule has 0 bridgehead atoms. The molecular formula is C35H25F25N2. The van der Waals surface area contributed by atoms with Crippen molar-refractivity contribution in [2.24, 2.45) is 9.98 Å². The first-order valence-electron chi connectivity index (χ1n) is 16.2. The Hall–Kier alpha value is -4.49. The lowest BCUT2D eigenvalue weighted by molar-refractivity contribution is -0.436. The van der Waals surface area contributed by atoms with Crippen molar-refractivity contribution in [3.63, 3.8) is 0 Å². The van der Waals surface area contributed by atoms with Crippen LogP contribution in [0.1, 0.15) is 40.3 Å². The number of rotatable bonds is 16. The van der Waals surface area contributed by atoms with Gasteiger partial charge in [-0.05, 0) is 97.5 Å². The molecule has 0 aliphatic rings. The maximum atomic E-state index is 14.3. The van der Waals surface area contributed by atoms with Crippen LogP contribution in [-0.4, -0.2) is 83.8 Å². The summed E-state index contributed by atoms with van der Waals surface area (Å²) >= 11 is 0. The van der Waals surface area contributed by atoms with E-state index >= 15 is 0 Å². The van der Waals surface area contributed by atoms with Crippen LogP contribution >= 0.6 is 0 Å². The molecule has 0 unspecified atom stereocenters. The van der Waals surface area contributed by atoms with E-state index in [9.17, 15) is 110 Å². The zero-order chi connectivity index (χ0) is 49.1. The second-order valence-corrected chi connectivity index (χ2v) is 13.5. The second-order valence-electron chi connectivity index (χ2n) is 13.5. The minimum absolute atomic E-state index is 0.00696. The van der Waals surface area contributed by atoms with Crippen molar-refractivity contribution < 1.29 is 110 Å². The highest BCUT2D eigenvalue weighted by atomic mass is 19.4. The lowest BCUT2D eigenvalue weighted by atomic mass is 9.91. The zero-order valence-electron chi connectivity index (χ0n) is 31.1. The fourth-order valence-electron chi connectivity index (χ4n) is 5.07. The molecule has 0 atom stereocenters. The number of benzene rings is 2. The van der Waals surface area contributed by atoms with Crippen LogP contribution in [0.2, 0.25) is 0 Å². The van der Waals surface area contributed by atoms with Gasteiger partial charge >= 0.3 is 71.3 Å². The van der Waals surface area contributed by atoms with Gasteiger partial charge in [0.1, 0.15) is 0 Å². The van der Waals surface area contributed by atoms with Crippen molar-refractivity contribution in [3.8, 4) is 0 Å². The van der Waals surface area contributed by atoms with Gasteiger partial charge in [-0.2, -0.15) is 110 Å². The molecule has 0 radical (unpaired) electrons. The van der Waals surface area contributed by atoms with Gasteiger partial charge in [0.05, 0.1) is 11.4 Å². The van der Waals surface area contributed by atoms with Crippen LogP contribution in [0.25, 0.3) is 12.2 Å². The van der Waals surface area contributed by atoms with Gasteiger partial charge in [0, 0.05) is 19.4 Å². The van der Waals surface area contributed by atoms with Crippen LogP contribution in [-0.2, 0) is 0 Å². The van der Waals surface area contributed by atoms with Gasteiger partial charge in [-0.15, -0.1) is 0 Å². The standard InChI is InChI=1S/C35H25F25N2/c1-16-12-20(6-8-25(38,39)28(44,45)31(50,51)30(48,49)27(42,43)24(5,36)37)13-17(2)22(16)61-10-11-62-23-18(3)14-21(15-19(23)4)7-9-26(40,41)29(46,47)32(52,53)33(54,55)34(56,57)35(58,59)60/h6-15H,1-5H3/b8-6+,9-7+,61-10?,62-11?. The third-order valence-electron chi connectivity index (χ3n) is 8.58. The van der Waals surface area contributed by atoms with Gasteiger partial charge in [-0.25, -0.2) is 0 Å². The van der Waals surface area contributed by atoms with Crippen LogP contribution in [0.5, 0.6) is 0 Å². The molecule has 0 heterocycles. The molecule has 0 aliphatic carbocycles. The number of alkyl halides is 25. The molecule has 350 valence electrons. The topological polar surface area (TPSA) is 24.7 Å². The molecule has 2 aromatic carbocycles. The number of halogens is 25. The second kappa shape index (κ2) is 16.3. The van der Waals surface area contributed by atoms with Gasteiger partial charge < -0.3 is 0 Å². The Balaban J connectivity index is 2.37. The highest BCUT2D eigenvalue weighted by Gasteiger charge is 2.91. The Bertz CT molecular complexity index is 1890. The molecule has 0 saturated heterocycles. The van der Waals surface area contributed by atoms with E-state index in [0.29, 0.717) is 0 Å². The number of hydrogen-bond acceptors (Lipinski definition) is 2.